The van der Waals surface area contributed by atoms with Crippen LogP contribution in [0.15, 0.2) is 40.9 Å². The number of carbonyl (C=O) groups is 2. The molecule has 0 bridgehead atoms. The molecule has 34 heavy (non-hydrogen) atoms. The summed E-state index contributed by atoms with van der Waals surface area (Å²) in [5, 5.41) is 15.4. The summed E-state index contributed by atoms with van der Waals surface area (Å²) in [6.07, 6.45) is 2.57. The van der Waals surface area contributed by atoms with Crippen molar-refractivity contribution in [3.8, 4) is 22.8 Å². The largest absolute Gasteiger partial charge is 0.343 e. The molecule has 2 aromatic carbocycles. The molecule has 0 spiro atoms. The van der Waals surface area contributed by atoms with Crippen LogP contribution in [0.5, 0.6) is 0 Å². The number of carbonyl (C=O) groups excluding carboxylic acids is 2. The van der Waals surface area contributed by atoms with Gasteiger partial charge < -0.3 is 14.7 Å². The molecular formula is C24H25N7O3. The minimum absolute atomic E-state index is 0.145. The third kappa shape index (κ3) is 4.39. The molecule has 1 aliphatic rings. The maximum absolute atomic E-state index is 12.3. The first kappa shape index (κ1) is 21.7. The van der Waals surface area contributed by atoms with E-state index in [-0.39, 0.29) is 11.8 Å². The van der Waals surface area contributed by atoms with Gasteiger partial charge in [-0.05, 0) is 55.7 Å². The maximum atomic E-state index is 12.3. The van der Waals surface area contributed by atoms with Gasteiger partial charge in [-0.25, -0.2) is 4.68 Å². The van der Waals surface area contributed by atoms with Crippen LogP contribution in [-0.4, -0.2) is 54.9 Å². The second-order valence-corrected chi connectivity index (χ2v) is 8.49. The third-order valence-corrected chi connectivity index (χ3v) is 5.99. The smallest absolute Gasteiger partial charge is 0.258 e. The molecule has 0 unspecified atom stereocenters. The van der Waals surface area contributed by atoms with Crippen molar-refractivity contribution < 1.29 is 14.1 Å². The normalized spacial score (nSPS) is 13.5. The van der Waals surface area contributed by atoms with Crippen molar-refractivity contribution in [1.82, 2.24) is 30.0 Å². The standard InChI is InChI=1S/C24H25N7O3/c1-15-5-6-18(14-19(15)25-16(2)32)24-26-23(28-34-24)17-7-8-21-20(13-17)27-29-31(21)12-9-22(33)30-10-3-4-11-30/h5-8,13-14H,3-4,9-12H2,1-2H3,(H,25,32). The quantitative estimate of drug-likeness (QED) is 0.469. The predicted molar refractivity (Wildman–Crippen MR) is 126 cm³/mol. The lowest BCUT2D eigenvalue weighted by Crippen LogP contribution is -2.28. The molecule has 1 aliphatic heterocycles. The van der Waals surface area contributed by atoms with Crippen molar-refractivity contribution in [2.24, 2.45) is 0 Å². The number of aryl methyl sites for hydroxylation is 2. The topological polar surface area (TPSA) is 119 Å². The summed E-state index contributed by atoms with van der Waals surface area (Å²) in [7, 11) is 0. The summed E-state index contributed by atoms with van der Waals surface area (Å²) in [6, 6.07) is 11.2. The second-order valence-electron chi connectivity index (χ2n) is 8.49. The van der Waals surface area contributed by atoms with E-state index in [1.807, 2.05) is 48.2 Å². The molecule has 0 atom stereocenters. The lowest BCUT2D eigenvalue weighted by atomic mass is 10.1. The van der Waals surface area contributed by atoms with Crippen molar-refractivity contribution in [2.45, 2.75) is 39.7 Å². The first-order valence-corrected chi connectivity index (χ1v) is 11.3. The fourth-order valence-corrected chi connectivity index (χ4v) is 4.14. The summed E-state index contributed by atoms with van der Waals surface area (Å²) in [4.78, 5) is 30.2. The third-order valence-electron chi connectivity index (χ3n) is 5.99. The molecule has 0 saturated carbocycles. The first-order chi connectivity index (χ1) is 16.5. The van der Waals surface area contributed by atoms with E-state index in [0.717, 1.165) is 42.6 Å². The van der Waals surface area contributed by atoms with Crippen molar-refractivity contribution in [2.75, 3.05) is 18.4 Å². The zero-order valence-corrected chi connectivity index (χ0v) is 19.1. The van der Waals surface area contributed by atoms with Crippen molar-refractivity contribution >= 4 is 28.5 Å². The fraction of sp³-hybridized carbons (Fsp3) is 0.333. The summed E-state index contributed by atoms with van der Waals surface area (Å²) in [5.41, 5.74) is 4.64. The second kappa shape index (κ2) is 9.05. The van der Waals surface area contributed by atoms with E-state index in [0.29, 0.717) is 41.4 Å². The number of anilines is 1. The van der Waals surface area contributed by atoms with Gasteiger partial charge in [0.25, 0.3) is 5.89 Å². The monoisotopic (exact) mass is 459 g/mol. The lowest BCUT2D eigenvalue weighted by molar-refractivity contribution is -0.130. The SMILES string of the molecule is CC(=O)Nc1cc(-c2nc(-c3ccc4c(c3)nnn4CCC(=O)N3CCCC3)no2)ccc1C. The minimum Gasteiger partial charge on any atom is -0.343 e. The number of hydrogen-bond donors (Lipinski definition) is 1. The average molecular weight is 460 g/mol. The van der Waals surface area contributed by atoms with E-state index in [1.165, 1.54) is 6.92 Å². The van der Waals surface area contributed by atoms with E-state index in [2.05, 4.69) is 25.8 Å². The van der Waals surface area contributed by atoms with Crippen LogP contribution in [0.3, 0.4) is 0 Å². The molecule has 2 amide bonds. The van der Waals surface area contributed by atoms with Gasteiger partial charge in [0, 0.05) is 43.2 Å². The first-order valence-electron chi connectivity index (χ1n) is 11.3. The van der Waals surface area contributed by atoms with E-state index in [1.54, 1.807) is 4.68 Å². The highest BCUT2D eigenvalue weighted by molar-refractivity contribution is 5.90. The van der Waals surface area contributed by atoms with Gasteiger partial charge in [0.15, 0.2) is 0 Å². The molecule has 10 nitrogen and oxygen atoms in total. The highest BCUT2D eigenvalue weighted by atomic mass is 16.5. The minimum atomic E-state index is -0.145. The average Bonchev–Trinajstić information content (AvgIpc) is 3.59. The number of fused-ring (bicyclic) bond motifs is 1. The number of benzene rings is 2. The van der Waals surface area contributed by atoms with Gasteiger partial charge in [-0.1, -0.05) is 16.4 Å². The summed E-state index contributed by atoms with van der Waals surface area (Å²) < 4.78 is 7.23. The van der Waals surface area contributed by atoms with Gasteiger partial charge in [0.05, 0.1) is 12.1 Å². The van der Waals surface area contributed by atoms with Crippen molar-refractivity contribution in [3.63, 3.8) is 0 Å². The van der Waals surface area contributed by atoms with Gasteiger partial charge in [-0.2, -0.15) is 4.98 Å². The molecule has 1 N–H and O–H groups in total. The van der Waals surface area contributed by atoms with Crippen LogP contribution >= 0.6 is 0 Å². The number of nitrogens with one attached hydrogen (secondary N) is 1. The van der Waals surface area contributed by atoms with Crippen molar-refractivity contribution in [3.05, 3.63) is 42.0 Å². The summed E-state index contributed by atoms with van der Waals surface area (Å²) >= 11 is 0. The number of rotatable bonds is 6. The molecule has 0 aliphatic carbocycles. The highest BCUT2D eigenvalue weighted by Crippen LogP contribution is 2.27. The lowest BCUT2D eigenvalue weighted by Gasteiger charge is -2.14. The van der Waals surface area contributed by atoms with Gasteiger partial charge in [0.2, 0.25) is 17.6 Å². The van der Waals surface area contributed by atoms with Gasteiger partial charge in [-0.3, -0.25) is 9.59 Å². The Kier molecular flexibility index (Phi) is 5.79. The Bertz CT molecular complexity index is 1370. The molecule has 2 aromatic heterocycles. The molecular weight excluding hydrogens is 434 g/mol. The Labute approximate surface area is 195 Å². The Morgan fingerprint density at radius 2 is 1.88 bits per heavy atom. The summed E-state index contributed by atoms with van der Waals surface area (Å²) in [6.45, 7) is 5.57. The number of amides is 2. The number of nitrogens with zero attached hydrogens (tertiary/aromatic N) is 6. The Hall–Kier alpha value is -4.08. The van der Waals surface area contributed by atoms with Crippen molar-refractivity contribution in [1.29, 1.82) is 0 Å². The Balaban J connectivity index is 1.33. The van der Waals surface area contributed by atoms with Crippen LogP contribution in [0.25, 0.3) is 33.9 Å². The molecule has 0 radical (unpaired) electrons. The van der Waals surface area contributed by atoms with Crippen LogP contribution in [0.4, 0.5) is 5.69 Å². The molecule has 5 rings (SSSR count). The van der Waals surface area contributed by atoms with Crippen LogP contribution in [0.2, 0.25) is 0 Å². The Morgan fingerprint density at radius 1 is 1.09 bits per heavy atom. The molecule has 3 heterocycles. The van der Waals surface area contributed by atoms with E-state index in [9.17, 15) is 9.59 Å². The van der Waals surface area contributed by atoms with Crippen LogP contribution < -0.4 is 5.32 Å². The van der Waals surface area contributed by atoms with Gasteiger partial charge in [0.1, 0.15) is 5.52 Å². The fourth-order valence-electron chi connectivity index (χ4n) is 4.14. The molecule has 10 heteroatoms. The number of likely N-dealkylation sites (tertiary alicyclic amines) is 1. The number of hydrogen-bond acceptors (Lipinski definition) is 7. The van der Waals surface area contributed by atoms with Crippen LogP contribution in [0, 0.1) is 6.92 Å². The van der Waals surface area contributed by atoms with Crippen LogP contribution in [0.1, 0.15) is 31.7 Å². The summed E-state index contributed by atoms with van der Waals surface area (Å²) in [5.74, 6) is 0.797. The zero-order chi connectivity index (χ0) is 23.7. The van der Waals surface area contributed by atoms with Gasteiger partial charge in [-0.15, -0.1) is 5.10 Å². The van der Waals surface area contributed by atoms with Gasteiger partial charge >= 0.3 is 0 Å². The Morgan fingerprint density at radius 3 is 2.68 bits per heavy atom. The molecule has 174 valence electrons. The van der Waals surface area contributed by atoms with E-state index >= 15 is 0 Å². The van der Waals surface area contributed by atoms with E-state index in [4.69, 9.17) is 4.52 Å². The number of aromatic nitrogens is 5. The maximum Gasteiger partial charge on any atom is 0.258 e. The van der Waals surface area contributed by atoms with Crippen LogP contribution in [-0.2, 0) is 16.1 Å². The predicted octanol–water partition coefficient (Wildman–Crippen LogP) is 3.43. The van der Waals surface area contributed by atoms with E-state index < -0.39 is 0 Å². The molecule has 1 saturated heterocycles. The molecule has 4 aromatic rings. The molecule has 1 fully saturated rings. The zero-order valence-electron chi connectivity index (χ0n) is 19.1. The highest BCUT2D eigenvalue weighted by Gasteiger charge is 2.19.